The number of nitrogens with one attached hydrogen (secondary N) is 2. The molecule has 3 aromatic rings. The first kappa shape index (κ1) is 19.5. The number of rotatable bonds is 2. The lowest BCUT2D eigenvalue weighted by molar-refractivity contribution is -0.137. The van der Waals surface area contributed by atoms with Gasteiger partial charge in [0.15, 0.2) is 0 Å². The first-order chi connectivity index (χ1) is 13.2. The van der Waals surface area contributed by atoms with E-state index in [2.05, 4.69) is 5.32 Å². The standard InChI is InChI=1S/C19H12ClF3N2O3/c20-10-7-8-15(13(9-10)19(21,22)23)25-18(28)17(27)24-14-5-1-4-12-11(14)3-2-6-16(12)26/h1-9,26H,(H,24,27)(H,25,28). The van der Waals surface area contributed by atoms with Crippen molar-refractivity contribution in [1.29, 1.82) is 0 Å². The summed E-state index contributed by atoms with van der Waals surface area (Å²) in [5.41, 5.74) is -1.54. The fourth-order valence-corrected chi connectivity index (χ4v) is 2.79. The van der Waals surface area contributed by atoms with Gasteiger partial charge in [0.1, 0.15) is 5.75 Å². The monoisotopic (exact) mass is 408 g/mol. The minimum Gasteiger partial charge on any atom is -0.507 e. The fraction of sp³-hybridized carbons (Fsp3) is 0.0526. The third-order valence-corrected chi connectivity index (χ3v) is 4.12. The second kappa shape index (κ2) is 7.40. The predicted molar refractivity (Wildman–Crippen MR) is 99.3 cm³/mol. The average molecular weight is 409 g/mol. The summed E-state index contributed by atoms with van der Waals surface area (Å²) < 4.78 is 39.3. The van der Waals surface area contributed by atoms with Crippen molar-refractivity contribution in [2.24, 2.45) is 0 Å². The molecule has 0 saturated carbocycles. The molecule has 9 heteroatoms. The maximum Gasteiger partial charge on any atom is 0.418 e. The molecule has 0 aliphatic heterocycles. The van der Waals surface area contributed by atoms with Crippen LogP contribution >= 0.6 is 11.6 Å². The summed E-state index contributed by atoms with van der Waals surface area (Å²) >= 11 is 5.59. The number of alkyl halides is 3. The summed E-state index contributed by atoms with van der Waals surface area (Å²) in [6.07, 6.45) is -4.77. The van der Waals surface area contributed by atoms with E-state index in [0.717, 1.165) is 12.1 Å². The minimum atomic E-state index is -4.77. The van der Waals surface area contributed by atoms with Crippen LogP contribution in [-0.4, -0.2) is 16.9 Å². The van der Waals surface area contributed by atoms with Crippen LogP contribution in [0.25, 0.3) is 10.8 Å². The molecule has 0 fully saturated rings. The van der Waals surface area contributed by atoms with Gasteiger partial charge >= 0.3 is 18.0 Å². The Labute approximate surface area is 161 Å². The Balaban J connectivity index is 1.84. The third-order valence-electron chi connectivity index (χ3n) is 3.89. The summed E-state index contributed by atoms with van der Waals surface area (Å²) in [5, 5.41) is 14.9. The number of halogens is 4. The maximum atomic E-state index is 13.1. The molecule has 0 aliphatic rings. The summed E-state index contributed by atoms with van der Waals surface area (Å²) in [4.78, 5) is 24.3. The van der Waals surface area contributed by atoms with Crippen LogP contribution in [0, 0.1) is 0 Å². The van der Waals surface area contributed by atoms with Gasteiger partial charge in [-0.25, -0.2) is 0 Å². The number of amides is 2. The van der Waals surface area contributed by atoms with Crippen molar-refractivity contribution in [3.05, 3.63) is 65.2 Å². The van der Waals surface area contributed by atoms with E-state index in [4.69, 9.17) is 11.6 Å². The van der Waals surface area contributed by atoms with E-state index in [0.29, 0.717) is 16.8 Å². The van der Waals surface area contributed by atoms with E-state index in [1.54, 1.807) is 24.3 Å². The molecule has 144 valence electrons. The number of aromatic hydroxyl groups is 1. The van der Waals surface area contributed by atoms with E-state index in [9.17, 15) is 27.9 Å². The van der Waals surface area contributed by atoms with E-state index in [1.807, 2.05) is 5.32 Å². The zero-order valence-corrected chi connectivity index (χ0v) is 14.7. The highest BCUT2D eigenvalue weighted by atomic mass is 35.5. The molecule has 0 atom stereocenters. The summed E-state index contributed by atoms with van der Waals surface area (Å²) in [5.74, 6) is -2.47. The molecule has 3 aromatic carbocycles. The van der Waals surface area contributed by atoms with E-state index in [-0.39, 0.29) is 16.5 Å². The van der Waals surface area contributed by atoms with Gasteiger partial charge in [-0.2, -0.15) is 13.2 Å². The number of hydrogen-bond donors (Lipinski definition) is 3. The van der Waals surface area contributed by atoms with Crippen LogP contribution in [0.5, 0.6) is 5.75 Å². The van der Waals surface area contributed by atoms with Crippen molar-refractivity contribution < 1.29 is 27.9 Å². The molecular weight excluding hydrogens is 397 g/mol. The largest absolute Gasteiger partial charge is 0.507 e. The van der Waals surface area contributed by atoms with E-state index >= 15 is 0 Å². The van der Waals surface area contributed by atoms with Gasteiger partial charge in [-0.3, -0.25) is 9.59 Å². The molecule has 0 bridgehead atoms. The van der Waals surface area contributed by atoms with Crippen molar-refractivity contribution in [2.45, 2.75) is 6.18 Å². The smallest absolute Gasteiger partial charge is 0.418 e. The van der Waals surface area contributed by atoms with Crippen LogP contribution in [0.1, 0.15) is 5.56 Å². The van der Waals surface area contributed by atoms with Crippen LogP contribution in [0.2, 0.25) is 5.02 Å². The van der Waals surface area contributed by atoms with Gasteiger partial charge in [-0.1, -0.05) is 35.9 Å². The van der Waals surface area contributed by atoms with Crippen molar-refractivity contribution in [3.8, 4) is 5.75 Å². The Morgan fingerprint density at radius 1 is 0.857 bits per heavy atom. The van der Waals surface area contributed by atoms with Gasteiger partial charge in [0, 0.05) is 21.5 Å². The molecular formula is C19H12ClF3N2O3. The molecule has 3 N–H and O–H groups in total. The number of benzene rings is 3. The highest BCUT2D eigenvalue weighted by Gasteiger charge is 2.34. The zero-order chi connectivity index (χ0) is 20.5. The zero-order valence-electron chi connectivity index (χ0n) is 14.0. The molecule has 5 nitrogen and oxygen atoms in total. The summed E-state index contributed by atoms with van der Waals surface area (Å²) in [6, 6.07) is 12.1. The molecule has 3 rings (SSSR count). The first-order valence-electron chi connectivity index (χ1n) is 7.86. The minimum absolute atomic E-state index is 0.0194. The van der Waals surface area contributed by atoms with Crippen LogP contribution in [0.15, 0.2) is 54.6 Å². The lowest BCUT2D eigenvalue weighted by Gasteiger charge is -2.14. The topological polar surface area (TPSA) is 78.4 Å². The SMILES string of the molecule is O=C(Nc1ccc(Cl)cc1C(F)(F)F)C(=O)Nc1cccc2c(O)cccc12. The molecule has 0 aliphatic carbocycles. The number of hydrogen-bond acceptors (Lipinski definition) is 3. The number of carbonyl (C=O) groups is 2. The van der Waals surface area contributed by atoms with Gasteiger partial charge in [-0.05, 0) is 30.3 Å². The number of carbonyl (C=O) groups excluding carboxylic acids is 2. The van der Waals surface area contributed by atoms with Gasteiger partial charge in [-0.15, -0.1) is 0 Å². The van der Waals surface area contributed by atoms with Crippen molar-refractivity contribution >= 4 is 45.6 Å². The first-order valence-corrected chi connectivity index (χ1v) is 8.24. The number of fused-ring (bicyclic) bond motifs is 1. The van der Waals surface area contributed by atoms with Crippen LogP contribution in [0.3, 0.4) is 0 Å². The molecule has 0 aromatic heterocycles. The molecule has 0 heterocycles. The van der Waals surface area contributed by atoms with Crippen LogP contribution in [0.4, 0.5) is 24.5 Å². The maximum absolute atomic E-state index is 13.1. The summed E-state index contributed by atoms with van der Waals surface area (Å²) in [6.45, 7) is 0. The van der Waals surface area contributed by atoms with Crippen LogP contribution < -0.4 is 10.6 Å². The third kappa shape index (κ3) is 4.01. The Kier molecular flexibility index (Phi) is 5.15. The van der Waals surface area contributed by atoms with Crippen molar-refractivity contribution in [2.75, 3.05) is 10.6 Å². The van der Waals surface area contributed by atoms with E-state index < -0.39 is 29.2 Å². The van der Waals surface area contributed by atoms with Gasteiger partial charge in [0.25, 0.3) is 0 Å². The van der Waals surface area contributed by atoms with Gasteiger partial charge in [0.05, 0.1) is 11.3 Å². The second-order valence-corrected chi connectivity index (χ2v) is 6.21. The quantitative estimate of drug-likeness (QED) is 0.533. The molecule has 0 spiro atoms. The lowest BCUT2D eigenvalue weighted by Crippen LogP contribution is -2.30. The Bertz CT molecular complexity index is 1080. The lowest BCUT2D eigenvalue weighted by atomic mass is 10.1. The number of phenols is 1. The second-order valence-electron chi connectivity index (χ2n) is 5.77. The van der Waals surface area contributed by atoms with Crippen molar-refractivity contribution in [1.82, 2.24) is 0 Å². The predicted octanol–water partition coefficient (Wildman–Crippen LogP) is 4.79. The Morgan fingerprint density at radius 3 is 2.14 bits per heavy atom. The van der Waals surface area contributed by atoms with E-state index in [1.165, 1.54) is 12.1 Å². The normalized spacial score (nSPS) is 11.3. The van der Waals surface area contributed by atoms with Gasteiger partial charge in [0.2, 0.25) is 0 Å². The highest BCUT2D eigenvalue weighted by molar-refractivity contribution is 6.44. The highest BCUT2D eigenvalue weighted by Crippen LogP contribution is 2.36. The summed E-state index contributed by atoms with van der Waals surface area (Å²) in [7, 11) is 0. The molecule has 0 radical (unpaired) electrons. The number of anilines is 2. The molecule has 28 heavy (non-hydrogen) atoms. The van der Waals surface area contributed by atoms with Gasteiger partial charge < -0.3 is 15.7 Å². The Morgan fingerprint density at radius 2 is 1.46 bits per heavy atom. The molecule has 0 unspecified atom stereocenters. The fourth-order valence-electron chi connectivity index (χ4n) is 2.62. The van der Waals surface area contributed by atoms with Crippen molar-refractivity contribution in [3.63, 3.8) is 0 Å². The average Bonchev–Trinajstić information content (AvgIpc) is 2.63. The molecule has 0 saturated heterocycles. The molecule has 2 amide bonds. The van der Waals surface area contributed by atoms with Crippen LogP contribution in [-0.2, 0) is 15.8 Å². The Hall–Kier alpha value is -3.26. The number of phenolic OH excluding ortho intramolecular Hbond substituents is 1.